The van der Waals surface area contributed by atoms with Crippen molar-refractivity contribution in [2.45, 2.75) is 49.9 Å². The molecule has 6 nitrogen and oxygen atoms in total. The van der Waals surface area contributed by atoms with E-state index in [1.807, 2.05) is 25.1 Å². The summed E-state index contributed by atoms with van der Waals surface area (Å²) in [6.07, 6.45) is 5.86. The van der Waals surface area contributed by atoms with Gasteiger partial charge < -0.3 is 20.4 Å². The predicted molar refractivity (Wildman–Crippen MR) is 168 cm³/mol. The van der Waals surface area contributed by atoms with Gasteiger partial charge in [-0.15, -0.1) is 0 Å². The number of anilines is 1. The molecule has 0 saturated carbocycles. The van der Waals surface area contributed by atoms with Crippen molar-refractivity contribution in [3.05, 3.63) is 53.8 Å². The van der Waals surface area contributed by atoms with E-state index in [0.717, 1.165) is 74.4 Å². The molecule has 1 amide bonds. The van der Waals surface area contributed by atoms with Gasteiger partial charge in [-0.25, -0.2) is 4.39 Å². The van der Waals surface area contributed by atoms with E-state index in [0.29, 0.717) is 22.0 Å². The molecule has 9 heteroatoms. The number of piperidine rings is 1. The molecule has 2 saturated heterocycles. The van der Waals surface area contributed by atoms with Crippen molar-refractivity contribution in [3.63, 3.8) is 0 Å². The number of thioether (sulfide) groups is 2. The summed E-state index contributed by atoms with van der Waals surface area (Å²) >= 11 is 3.32. The van der Waals surface area contributed by atoms with Gasteiger partial charge in [0.1, 0.15) is 5.82 Å². The lowest BCUT2D eigenvalue weighted by Crippen LogP contribution is -2.33. The molecule has 3 atom stereocenters. The minimum atomic E-state index is -0.305. The Morgan fingerprint density at radius 3 is 2.52 bits per heavy atom. The summed E-state index contributed by atoms with van der Waals surface area (Å²) in [5.74, 6) is 0.749. The third kappa shape index (κ3) is 8.47. The topological polar surface area (TPSA) is 64.7 Å². The van der Waals surface area contributed by atoms with Crippen molar-refractivity contribution < 1.29 is 14.0 Å². The Kier molecular flexibility index (Phi) is 11.4. The smallest absolute Gasteiger partial charge is 0.252 e. The molecule has 2 heterocycles. The van der Waals surface area contributed by atoms with Gasteiger partial charge >= 0.3 is 0 Å². The molecular weight excluding hydrogens is 543 g/mol. The van der Waals surface area contributed by atoms with Gasteiger partial charge in [-0.1, -0.05) is 23.9 Å². The molecule has 0 aliphatic carbocycles. The quantitative estimate of drug-likeness (QED) is 0.363. The molecule has 2 aliphatic rings. The van der Waals surface area contributed by atoms with Crippen LogP contribution >= 0.6 is 23.5 Å². The highest BCUT2D eigenvalue weighted by Crippen LogP contribution is 2.33. The highest BCUT2D eigenvalue weighted by atomic mass is 32.2. The lowest BCUT2D eigenvalue weighted by Gasteiger charge is -2.28. The van der Waals surface area contributed by atoms with Crippen LogP contribution in [0, 0.1) is 11.7 Å². The molecule has 0 aromatic heterocycles. The van der Waals surface area contributed by atoms with Crippen molar-refractivity contribution in [2.75, 3.05) is 57.6 Å². The fourth-order valence-electron chi connectivity index (χ4n) is 5.48. The van der Waals surface area contributed by atoms with Crippen LogP contribution in [0.4, 0.5) is 10.1 Å². The highest BCUT2D eigenvalue weighted by Gasteiger charge is 2.33. The number of likely N-dealkylation sites (tertiary alicyclic amines) is 2. The number of hydrogen-bond acceptors (Lipinski definition) is 7. The van der Waals surface area contributed by atoms with Gasteiger partial charge in [0.15, 0.2) is 5.12 Å². The van der Waals surface area contributed by atoms with E-state index in [-0.39, 0.29) is 23.7 Å². The Bertz CT molecular complexity index is 1140. The maximum absolute atomic E-state index is 13.7. The second-order valence-corrected chi connectivity index (χ2v) is 13.6. The summed E-state index contributed by atoms with van der Waals surface area (Å²) in [4.78, 5) is 30.7. The van der Waals surface area contributed by atoms with E-state index in [4.69, 9.17) is 0 Å². The van der Waals surface area contributed by atoms with Gasteiger partial charge in [0.2, 0.25) is 0 Å². The standard InChI is InChI=1S/C31H43FN4O2S2/c1-21(13-16-39-4)34-30(37)28-10-9-25(17-29(28)22-5-7-24(32)8-6-22)33-19-26-18-27(20-36(26)3)40-31(38)23-11-14-35(2)15-12-23/h5-10,17,21,23,26-27,33H,11-16,18-20H2,1-4H3,(H,34,37). The summed E-state index contributed by atoms with van der Waals surface area (Å²) in [7, 11) is 4.25. The van der Waals surface area contributed by atoms with E-state index < -0.39 is 0 Å². The first-order valence-electron chi connectivity index (χ1n) is 14.3. The van der Waals surface area contributed by atoms with E-state index >= 15 is 0 Å². The van der Waals surface area contributed by atoms with E-state index in [1.54, 1.807) is 35.7 Å². The fraction of sp³-hybridized carbons (Fsp3) is 0.548. The number of halogens is 1. The van der Waals surface area contributed by atoms with Gasteiger partial charge in [0.25, 0.3) is 5.91 Å². The average Bonchev–Trinajstić information content (AvgIpc) is 3.29. The monoisotopic (exact) mass is 586 g/mol. The maximum Gasteiger partial charge on any atom is 0.252 e. The van der Waals surface area contributed by atoms with Crippen molar-refractivity contribution in [1.82, 2.24) is 15.1 Å². The first-order chi connectivity index (χ1) is 19.2. The minimum Gasteiger partial charge on any atom is -0.383 e. The van der Waals surface area contributed by atoms with Crippen molar-refractivity contribution in [2.24, 2.45) is 5.92 Å². The Balaban J connectivity index is 1.40. The molecule has 40 heavy (non-hydrogen) atoms. The normalized spacial score (nSPS) is 21.3. The number of nitrogens with zero attached hydrogens (tertiary/aromatic N) is 2. The van der Waals surface area contributed by atoms with Crippen molar-refractivity contribution in [3.8, 4) is 11.1 Å². The SMILES string of the molecule is CSCCC(C)NC(=O)c1ccc(NCC2CC(SC(=O)C3CCN(C)CC3)CN2C)cc1-c1ccc(F)cc1. The third-order valence-corrected chi connectivity index (χ3v) is 9.96. The predicted octanol–water partition coefficient (Wildman–Crippen LogP) is 5.45. The molecule has 4 rings (SSSR count). The minimum absolute atomic E-state index is 0.0638. The number of rotatable bonds is 11. The second-order valence-electron chi connectivity index (χ2n) is 11.3. The zero-order valence-electron chi connectivity index (χ0n) is 24.1. The fourth-order valence-corrected chi connectivity index (χ4v) is 7.46. The Morgan fingerprint density at radius 2 is 1.82 bits per heavy atom. The number of likely N-dealkylation sites (N-methyl/N-ethyl adjacent to an activating group) is 1. The summed E-state index contributed by atoms with van der Waals surface area (Å²) in [6.45, 7) is 5.68. The zero-order valence-corrected chi connectivity index (χ0v) is 25.8. The number of carbonyl (C=O) groups is 2. The molecular formula is C31H43FN4O2S2. The molecule has 2 fully saturated rings. The van der Waals surface area contributed by atoms with Crippen molar-refractivity contribution in [1.29, 1.82) is 0 Å². The summed E-state index contributed by atoms with van der Waals surface area (Å²) in [6, 6.07) is 12.5. The number of benzene rings is 2. The summed E-state index contributed by atoms with van der Waals surface area (Å²) in [5.41, 5.74) is 3.07. The van der Waals surface area contributed by atoms with Crippen LogP contribution in [0.25, 0.3) is 11.1 Å². The maximum atomic E-state index is 13.7. The number of nitrogens with one attached hydrogen (secondary N) is 2. The molecule has 218 valence electrons. The largest absolute Gasteiger partial charge is 0.383 e. The van der Waals surface area contributed by atoms with Crippen LogP contribution in [-0.2, 0) is 4.79 Å². The molecule has 2 aromatic rings. The van der Waals surface area contributed by atoms with Crippen molar-refractivity contribution >= 4 is 40.2 Å². The third-order valence-electron chi connectivity index (χ3n) is 8.08. The van der Waals surface area contributed by atoms with Crippen LogP contribution in [0.1, 0.15) is 43.0 Å². The summed E-state index contributed by atoms with van der Waals surface area (Å²) < 4.78 is 13.7. The van der Waals surface area contributed by atoms with Crippen LogP contribution in [-0.4, -0.2) is 90.4 Å². The average molecular weight is 587 g/mol. The molecule has 0 spiro atoms. The molecule has 2 N–H and O–H groups in total. The molecule has 2 aromatic carbocycles. The van der Waals surface area contributed by atoms with E-state index in [2.05, 4.69) is 40.8 Å². The molecule has 0 bridgehead atoms. The van der Waals surface area contributed by atoms with Gasteiger partial charge in [-0.2, -0.15) is 11.8 Å². The second kappa shape index (κ2) is 14.7. The van der Waals surface area contributed by atoms with Crippen LogP contribution < -0.4 is 10.6 Å². The van der Waals surface area contributed by atoms with Gasteiger partial charge in [-0.05, 0) is 113 Å². The number of carbonyl (C=O) groups excluding carboxylic acids is 2. The van der Waals surface area contributed by atoms with Gasteiger partial charge in [-0.3, -0.25) is 9.59 Å². The summed E-state index contributed by atoms with van der Waals surface area (Å²) in [5, 5.41) is 7.36. The van der Waals surface area contributed by atoms with Crippen LogP contribution in [0.3, 0.4) is 0 Å². The van der Waals surface area contributed by atoms with Crippen LogP contribution in [0.5, 0.6) is 0 Å². The van der Waals surface area contributed by atoms with Gasteiger partial charge in [0, 0.05) is 47.6 Å². The van der Waals surface area contributed by atoms with Crippen LogP contribution in [0.2, 0.25) is 0 Å². The van der Waals surface area contributed by atoms with Crippen LogP contribution in [0.15, 0.2) is 42.5 Å². The Hall–Kier alpha value is -2.07. The van der Waals surface area contributed by atoms with E-state index in [9.17, 15) is 14.0 Å². The molecule has 0 radical (unpaired) electrons. The van der Waals surface area contributed by atoms with E-state index in [1.165, 1.54) is 12.1 Å². The Labute approximate surface area is 247 Å². The number of hydrogen-bond donors (Lipinski definition) is 2. The zero-order chi connectivity index (χ0) is 28.6. The lowest BCUT2D eigenvalue weighted by molar-refractivity contribution is -0.115. The first kappa shape index (κ1) is 30.9. The highest BCUT2D eigenvalue weighted by molar-refractivity contribution is 8.14. The first-order valence-corrected chi connectivity index (χ1v) is 16.5. The molecule has 2 aliphatic heterocycles. The lowest BCUT2D eigenvalue weighted by atomic mass is 9.98. The number of amides is 1. The molecule has 3 unspecified atom stereocenters. The van der Waals surface area contributed by atoms with Gasteiger partial charge in [0.05, 0.1) is 0 Å². The Morgan fingerprint density at radius 1 is 1.10 bits per heavy atom.